The van der Waals surface area contributed by atoms with Gasteiger partial charge < -0.3 is 27.4 Å². The van der Waals surface area contributed by atoms with Crippen molar-refractivity contribution in [2.24, 2.45) is 11.5 Å². The molecule has 36 heavy (non-hydrogen) atoms. The van der Waals surface area contributed by atoms with Gasteiger partial charge in [-0.25, -0.2) is 19.1 Å². The number of anilines is 1. The number of nitrogens with two attached hydrogens (primary N) is 3. The molecule has 2 amide bonds. The van der Waals surface area contributed by atoms with E-state index in [1.54, 1.807) is 4.90 Å². The zero-order valence-corrected chi connectivity index (χ0v) is 22.3. The number of aryl methyl sites for hydroxylation is 2. The Morgan fingerprint density at radius 3 is 2.42 bits per heavy atom. The molecule has 1 aromatic carbocycles. The highest BCUT2D eigenvalue weighted by atomic mass is 35.5. The zero-order chi connectivity index (χ0) is 26.8. The molecule has 0 radical (unpaired) electrons. The van der Waals surface area contributed by atoms with Gasteiger partial charge in [-0.2, -0.15) is 0 Å². The van der Waals surface area contributed by atoms with Crippen LogP contribution in [0, 0.1) is 0 Å². The van der Waals surface area contributed by atoms with Gasteiger partial charge in [-0.1, -0.05) is 11.6 Å². The molecule has 3 aromatic rings. The van der Waals surface area contributed by atoms with Gasteiger partial charge in [0.25, 0.3) is 17.6 Å². The Kier molecular flexibility index (Phi) is 11.3. The molecule has 0 saturated carbocycles. The van der Waals surface area contributed by atoms with Gasteiger partial charge in [-0.3, -0.25) is 9.59 Å². The van der Waals surface area contributed by atoms with Gasteiger partial charge in [0.2, 0.25) is 0 Å². The maximum absolute atomic E-state index is 13.1. The molecule has 0 aliphatic rings. The molecule has 0 atom stereocenters. The van der Waals surface area contributed by atoms with Crippen LogP contribution in [0.1, 0.15) is 40.5 Å². The predicted octanol–water partition coefficient (Wildman–Crippen LogP) is 1.14. The van der Waals surface area contributed by atoms with Crippen molar-refractivity contribution in [3.63, 3.8) is 0 Å². The van der Waals surface area contributed by atoms with Crippen molar-refractivity contribution in [2.75, 3.05) is 38.3 Å². The second-order valence-corrected chi connectivity index (χ2v) is 7.97. The molecule has 13 heteroatoms. The molecule has 7 N–H and O–H groups in total. The fraction of sp³-hybridized carbons (Fsp3) is 0.435. The van der Waals surface area contributed by atoms with E-state index in [1.165, 1.54) is 12.6 Å². The molecule has 3 rings (SSSR count). The van der Waals surface area contributed by atoms with E-state index in [0.29, 0.717) is 44.8 Å². The Labute approximate surface area is 220 Å². The summed E-state index contributed by atoms with van der Waals surface area (Å²) in [6, 6.07) is 5.60. The van der Waals surface area contributed by atoms with E-state index in [0.717, 1.165) is 16.9 Å². The standard InChI is InChI=1S/C22H30ClN9O2.CH3Cl/c1-3-31-15-6-5-14(22(34)30(9-7-24)10-8-25)11-16(15)32(4-2)18(31)13-28-21(33)19-20(26)27-12-17(23)29-19;1-2/h5-6,11-12H,3-4,7-10,13,24-25H2,1-2H3,(H2-,26,27,28,33);1H3/p+1. The normalized spacial score (nSPS) is 10.6. The molecular weight excluding hydrogens is 505 g/mol. The van der Waals surface area contributed by atoms with Crippen LogP contribution in [0.4, 0.5) is 5.82 Å². The maximum Gasteiger partial charge on any atom is 0.277 e. The number of carbonyl (C=O) groups is 2. The molecule has 0 fully saturated rings. The zero-order valence-electron chi connectivity index (χ0n) is 20.8. The highest BCUT2D eigenvalue weighted by Crippen LogP contribution is 2.19. The van der Waals surface area contributed by atoms with Crippen molar-refractivity contribution in [2.45, 2.75) is 33.5 Å². The molecule has 11 nitrogen and oxygen atoms in total. The van der Waals surface area contributed by atoms with Crippen molar-refractivity contribution in [1.82, 2.24) is 24.8 Å². The number of benzene rings is 1. The number of alkyl halides is 1. The Balaban J connectivity index is 0.00000222. The summed E-state index contributed by atoms with van der Waals surface area (Å²) >= 11 is 10.5. The summed E-state index contributed by atoms with van der Waals surface area (Å²) < 4.78 is 4.16. The van der Waals surface area contributed by atoms with Crippen LogP contribution in [0.15, 0.2) is 24.4 Å². The first kappa shape index (κ1) is 29.2. The van der Waals surface area contributed by atoms with Crippen molar-refractivity contribution in [3.05, 3.63) is 46.6 Å². The number of rotatable bonds is 10. The largest absolute Gasteiger partial charge is 0.382 e. The van der Waals surface area contributed by atoms with Crippen molar-refractivity contribution in [3.8, 4) is 0 Å². The Hall–Kier alpha value is -2.99. The summed E-state index contributed by atoms with van der Waals surface area (Å²) in [5.74, 6) is 0.281. The van der Waals surface area contributed by atoms with Crippen LogP contribution >= 0.6 is 23.2 Å². The molecular formula is C23H34Cl2N9O2+. The minimum Gasteiger partial charge on any atom is -0.382 e. The molecule has 0 aliphatic carbocycles. The van der Waals surface area contributed by atoms with E-state index in [4.69, 9.17) is 28.8 Å². The molecule has 2 aromatic heterocycles. The van der Waals surface area contributed by atoms with Crippen LogP contribution in [0.5, 0.6) is 0 Å². The third kappa shape index (κ3) is 6.41. The Morgan fingerprint density at radius 2 is 1.83 bits per heavy atom. The van der Waals surface area contributed by atoms with Crippen LogP contribution in [-0.4, -0.2) is 63.8 Å². The number of imidazole rings is 1. The molecule has 2 heterocycles. The molecule has 0 spiro atoms. The van der Waals surface area contributed by atoms with Crippen molar-refractivity contribution < 1.29 is 14.2 Å². The average Bonchev–Trinajstić information content (AvgIpc) is 3.20. The number of halogens is 2. The second-order valence-electron chi connectivity index (χ2n) is 7.59. The van der Waals surface area contributed by atoms with Crippen LogP contribution in [0.25, 0.3) is 11.0 Å². The van der Waals surface area contributed by atoms with E-state index in [2.05, 4.69) is 36.0 Å². The quantitative estimate of drug-likeness (QED) is 0.222. The summed E-state index contributed by atoms with van der Waals surface area (Å²) in [6.45, 7) is 7.16. The predicted molar refractivity (Wildman–Crippen MR) is 142 cm³/mol. The van der Waals surface area contributed by atoms with Gasteiger partial charge in [0, 0.05) is 44.2 Å². The topological polar surface area (TPSA) is 162 Å². The Bertz CT molecular complexity index is 1190. The molecule has 196 valence electrons. The molecule has 0 bridgehead atoms. The number of carbonyl (C=O) groups excluding carboxylic acids is 2. The lowest BCUT2D eigenvalue weighted by molar-refractivity contribution is -0.676. The summed E-state index contributed by atoms with van der Waals surface area (Å²) in [5.41, 5.74) is 19.5. The highest BCUT2D eigenvalue weighted by Gasteiger charge is 2.26. The first-order chi connectivity index (χ1) is 17.4. The van der Waals surface area contributed by atoms with Crippen LogP contribution in [-0.2, 0) is 19.6 Å². The smallest absolute Gasteiger partial charge is 0.277 e. The van der Waals surface area contributed by atoms with E-state index in [9.17, 15) is 9.59 Å². The minimum atomic E-state index is -0.474. The lowest BCUT2D eigenvalue weighted by Gasteiger charge is -2.21. The SMILES string of the molecule is CCl.CCn1c(CNC(=O)c2nc(Cl)cnc2N)[n+](CC)c2ccc(C(=O)N(CCN)CCN)cc21. The van der Waals surface area contributed by atoms with E-state index >= 15 is 0 Å². The number of nitrogens with zero attached hydrogens (tertiary/aromatic N) is 5. The molecule has 0 unspecified atom stereocenters. The first-order valence-corrected chi connectivity index (χ1v) is 12.7. The summed E-state index contributed by atoms with van der Waals surface area (Å²) in [6.07, 6.45) is 2.76. The van der Waals surface area contributed by atoms with E-state index < -0.39 is 5.91 Å². The van der Waals surface area contributed by atoms with Gasteiger partial charge >= 0.3 is 0 Å². The van der Waals surface area contributed by atoms with Crippen LogP contribution < -0.4 is 27.1 Å². The lowest BCUT2D eigenvalue weighted by Crippen LogP contribution is -2.40. The fourth-order valence-corrected chi connectivity index (χ4v) is 4.15. The van der Waals surface area contributed by atoms with Crippen molar-refractivity contribution in [1.29, 1.82) is 0 Å². The second kappa shape index (κ2) is 13.9. The van der Waals surface area contributed by atoms with E-state index in [1.807, 2.05) is 32.0 Å². The maximum atomic E-state index is 13.1. The van der Waals surface area contributed by atoms with Gasteiger partial charge in [-0.05, 0) is 26.0 Å². The third-order valence-corrected chi connectivity index (χ3v) is 5.72. The number of aromatic nitrogens is 4. The number of hydrogen-bond acceptors (Lipinski definition) is 7. The number of amides is 2. The van der Waals surface area contributed by atoms with Crippen LogP contribution in [0.3, 0.4) is 0 Å². The lowest BCUT2D eigenvalue weighted by atomic mass is 10.1. The number of hydrogen-bond donors (Lipinski definition) is 4. The third-order valence-electron chi connectivity index (χ3n) is 5.54. The van der Waals surface area contributed by atoms with Gasteiger partial charge in [0.1, 0.15) is 11.7 Å². The fourth-order valence-electron chi connectivity index (χ4n) is 4.02. The molecule has 0 saturated heterocycles. The Morgan fingerprint density at radius 1 is 1.17 bits per heavy atom. The van der Waals surface area contributed by atoms with Gasteiger partial charge in [0.05, 0.1) is 19.3 Å². The summed E-state index contributed by atoms with van der Waals surface area (Å²) in [7, 11) is 0. The van der Waals surface area contributed by atoms with Crippen molar-refractivity contribution >= 4 is 51.9 Å². The number of nitrogen functional groups attached to an aromatic ring is 1. The molecule has 0 aliphatic heterocycles. The van der Waals surface area contributed by atoms with Gasteiger partial charge in [-0.15, -0.1) is 11.6 Å². The number of fused-ring (bicyclic) bond motifs is 1. The summed E-state index contributed by atoms with van der Waals surface area (Å²) in [4.78, 5) is 35.3. The number of nitrogens with one attached hydrogen (secondary N) is 1. The minimum absolute atomic E-state index is 0.00368. The first-order valence-electron chi connectivity index (χ1n) is 11.5. The van der Waals surface area contributed by atoms with Gasteiger partial charge in [0.15, 0.2) is 22.5 Å². The average molecular weight is 539 g/mol. The van der Waals surface area contributed by atoms with E-state index in [-0.39, 0.29) is 29.1 Å². The monoisotopic (exact) mass is 538 g/mol. The summed E-state index contributed by atoms with van der Waals surface area (Å²) in [5, 5.41) is 2.94. The highest BCUT2D eigenvalue weighted by molar-refractivity contribution is 6.29. The van der Waals surface area contributed by atoms with Crippen LogP contribution in [0.2, 0.25) is 5.15 Å².